The number of aryl methyl sites for hydroxylation is 1. The van der Waals surface area contributed by atoms with Gasteiger partial charge in [-0.3, -0.25) is 0 Å². The fourth-order valence-electron chi connectivity index (χ4n) is 1.77. The third kappa shape index (κ3) is 2.28. The Morgan fingerprint density at radius 3 is 2.28 bits per heavy atom. The van der Waals surface area contributed by atoms with E-state index in [0.29, 0.717) is 11.3 Å². The summed E-state index contributed by atoms with van der Waals surface area (Å²) < 4.78 is 0. The first kappa shape index (κ1) is 12.0. The molecule has 0 aliphatic rings. The summed E-state index contributed by atoms with van der Waals surface area (Å²) in [7, 11) is 1.97. The molecule has 2 aromatic carbocycles. The van der Waals surface area contributed by atoms with Crippen molar-refractivity contribution >= 4 is 17.1 Å². The van der Waals surface area contributed by atoms with Gasteiger partial charge < -0.3 is 10.6 Å². The Balaban J connectivity index is 2.37. The van der Waals surface area contributed by atoms with Gasteiger partial charge >= 0.3 is 0 Å². The summed E-state index contributed by atoms with van der Waals surface area (Å²) in [6.45, 7) is 2.06. The molecule has 0 atom stereocenters. The number of hydrogen-bond donors (Lipinski definition) is 1. The van der Waals surface area contributed by atoms with Crippen molar-refractivity contribution in [2.45, 2.75) is 6.92 Å². The molecule has 90 valence electrons. The van der Waals surface area contributed by atoms with E-state index >= 15 is 0 Å². The van der Waals surface area contributed by atoms with E-state index in [4.69, 9.17) is 11.0 Å². The van der Waals surface area contributed by atoms with Gasteiger partial charge in [-0.15, -0.1) is 0 Å². The number of hydrogen-bond acceptors (Lipinski definition) is 3. The van der Waals surface area contributed by atoms with Gasteiger partial charge in [-0.05, 0) is 37.3 Å². The maximum absolute atomic E-state index is 8.98. The van der Waals surface area contributed by atoms with Gasteiger partial charge in [-0.25, -0.2) is 0 Å². The Kier molecular flexibility index (Phi) is 3.20. The highest BCUT2D eigenvalue weighted by atomic mass is 15.1. The highest BCUT2D eigenvalue weighted by Gasteiger charge is 2.06. The summed E-state index contributed by atoms with van der Waals surface area (Å²) in [6.07, 6.45) is 0. The molecule has 0 bridgehead atoms. The van der Waals surface area contributed by atoms with Crippen LogP contribution in [0.2, 0.25) is 0 Å². The van der Waals surface area contributed by atoms with Crippen molar-refractivity contribution in [1.29, 1.82) is 5.26 Å². The topological polar surface area (TPSA) is 53.0 Å². The highest BCUT2D eigenvalue weighted by molar-refractivity contribution is 5.68. The first-order valence-corrected chi connectivity index (χ1v) is 5.72. The lowest BCUT2D eigenvalue weighted by Gasteiger charge is -2.20. The third-order valence-corrected chi connectivity index (χ3v) is 2.97. The number of nitrogens with two attached hydrogens (primary N) is 1. The predicted molar refractivity (Wildman–Crippen MR) is 74.8 cm³/mol. The average molecular weight is 237 g/mol. The minimum Gasteiger partial charge on any atom is -0.398 e. The molecule has 0 aliphatic heterocycles. The molecule has 0 amide bonds. The van der Waals surface area contributed by atoms with Crippen molar-refractivity contribution in [3.05, 3.63) is 53.6 Å². The van der Waals surface area contributed by atoms with E-state index in [1.54, 1.807) is 12.1 Å². The molecule has 0 unspecified atom stereocenters. The van der Waals surface area contributed by atoms with Crippen molar-refractivity contribution in [1.82, 2.24) is 0 Å². The monoisotopic (exact) mass is 237 g/mol. The molecule has 2 rings (SSSR count). The average Bonchev–Trinajstić information content (AvgIpc) is 2.39. The molecule has 0 aliphatic carbocycles. The number of rotatable bonds is 2. The van der Waals surface area contributed by atoms with Gasteiger partial charge in [0, 0.05) is 24.1 Å². The Morgan fingerprint density at radius 2 is 1.67 bits per heavy atom. The van der Waals surface area contributed by atoms with Crippen LogP contribution in [-0.2, 0) is 0 Å². The van der Waals surface area contributed by atoms with Crippen LogP contribution in [0.25, 0.3) is 0 Å². The standard InChI is InChI=1S/C15H15N3/c1-11-3-5-13(6-4-11)18(2)14-7-8-15(17)12(9-14)10-16/h3-9H,17H2,1-2H3. The van der Waals surface area contributed by atoms with Crippen LogP contribution in [0.15, 0.2) is 42.5 Å². The molecule has 0 heterocycles. The zero-order valence-electron chi connectivity index (χ0n) is 10.5. The second-order valence-electron chi connectivity index (χ2n) is 4.28. The molecule has 3 heteroatoms. The largest absolute Gasteiger partial charge is 0.398 e. The van der Waals surface area contributed by atoms with Gasteiger partial charge in [0.05, 0.1) is 5.56 Å². The first-order valence-electron chi connectivity index (χ1n) is 5.72. The van der Waals surface area contributed by atoms with Gasteiger partial charge in [-0.1, -0.05) is 17.7 Å². The maximum atomic E-state index is 8.98. The zero-order valence-corrected chi connectivity index (χ0v) is 10.5. The number of nitrogens with zero attached hydrogens (tertiary/aromatic N) is 2. The Labute approximate surface area is 107 Å². The van der Waals surface area contributed by atoms with Crippen LogP contribution in [0, 0.1) is 18.3 Å². The number of nitriles is 1. The minimum atomic E-state index is 0.506. The summed E-state index contributed by atoms with van der Waals surface area (Å²) in [5.74, 6) is 0. The molecular formula is C15H15N3. The molecule has 0 fully saturated rings. The number of benzene rings is 2. The van der Waals surface area contributed by atoms with E-state index in [1.165, 1.54) is 5.56 Å². The molecular weight excluding hydrogens is 222 g/mol. The summed E-state index contributed by atoms with van der Waals surface area (Å²) in [5, 5.41) is 8.98. The van der Waals surface area contributed by atoms with Gasteiger partial charge in [0.1, 0.15) is 6.07 Å². The molecule has 3 nitrogen and oxygen atoms in total. The van der Waals surface area contributed by atoms with Crippen LogP contribution in [-0.4, -0.2) is 7.05 Å². The summed E-state index contributed by atoms with van der Waals surface area (Å²) >= 11 is 0. The second kappa shape index (κ2) is 4.80. The lowest BCUT2D eigenvalue weighted by atomic mass is 10.1. The SMILES string of the molecule is Cc1ccc(N(C)c2ccc(N)c(C#N)c2)cc1. The molecule has 18 heavy (non-hydrogen) atoms. The molecule has 2 aromatic rings. The quantitative estimate of drug-likeness (QED) is 0.816. The molecule has 2 N–H and O–H groups in total. The van der Waals surface area contributed by atoms with Crippen molar-refractivity contribution in [3.8, 4) is 6.07 Å². The van der Waals surface area contributed by atoms with Crippen LogP contribution in [0.3, 0.4) is 0 Å². The first-order chi connectivity index (χ1) is 8.61. The van der Waals surface area contributed by atoms with Crippen molar-refractivity contribution in [2.75, 3.05) is 17.7 Å². The predicted octanol–water partition coefficient (Wildman–Crippen LogP) is 3.22. The third-order valence-electron chi connectivity index (χ3n) is 2.97. The fourth-order valence-corrected chi connectivity index (χ4v) is 1.77. The minimum absolute atomic E-state index is 0.506. The van der Waals surface area contributed by atoms with Gasteiger partial charge in [0.15, 0.2) is 0 Å². The Morgan fingerprint density at radius 1 is 1.06 bits per heavy atom. The molecule has 0 radical (unpaired) electrons. The van der Waals surface area contributed by atoms with Gasteiger partial charge in [0.25, 0.3) is 0 Å². The van der Waals surface area contributed by atoms with Gasteiger partial charge in [-0.2, -0.15) is 5.26 Å². The normalized spacial score (nSPS) is 9.83. The van der Waals surface area contributed by atoms with Crippen molar-refractivity contribution < 1.29 is 0 Å². The number of anilines is 3. The van der Waals surface area contributed by atoms with Crippen LogP contribution >= 0.6 is 0 Å². The fraction of sp³-hybridized carbons (Fsp3) is 0.133. The van der Waals surface area contributed by atoms with E-state index in [-0.39, 0.29) is 0 Å². The van der Waals surface area contributed by atoms with Crippen molar-refractivity contribution in [2.24, 2.45) is 0 Å². The van der Waals surface area contributed by atoms with Gasteiger partial charge in [0.2, 0.25) is 0 Å². The van der Waals surface area contributed by atoms with Crippen LogP contribution in [0.4, 0.5) is 17.1 Å². The molecule has 0 aromatic heterocycles. The zero-order chi connectivity index (χ0) is 13.1. The second-order valence-corrected chi connectivity index (χ2v) is 4.28. The lowest BCUT2D eigenvalue weighted by molar-refractivity contribution is 1.20. The number of nitrogen functional groups attached to an aromatic ring is 1. The highest BCUT2D eigenvalue weighted by Crippen LogP contribution is 2.26. The lowest BCUT2D eigenvalue weighted by Crippen LogP contribution is -2.09. The maximum Gasteiger partial charge on any atom is 0.101 e. The van der Waals surface area contributed by atoms with Crippen molar-refractivity contribution in [3.63, 3.8) is 0 Å². The Hall–Kier alpha value is -2.47. The smallest absolute Gasteiger partial charge is 0.101 e. The van der Waals surface area contributed by atoms with E-state index in [0.717, 1.165) is 11.4 Å². The van der Waals surface area contributed by atoms with Crippen LogP contribution in [0.1, 0.15) is 11.1 Å². The molecule has 0 saturated carbocycles. The summed E-state index contributed by atoms with van der Waals surface area (Å²) in [4.78, 5) is 2.03. The molecule has 0 saturated heterocycles. The Bertz CT molecular complexity index is 594. The van der Waals surface area contributed by atoms with E-state index in [2.05, 4.69) is 37.3 Å². The van der Waals surface area contributed by atoms with E-state index in [1.807, 2.05) is 18.0 Å². The molecule has 0 spiro atoms. The summed E-state index contributed by atoms with van der Waals surface area (Å²) in [5.41, 5.74) is 9.99. The van der Waals surface area contributed by atoms with E-state index in [9.17, 15) is 0 Å². The van der Waals surface area contributed by atoms with Crippen LogP contribution < -0.4 is 10.6 Å². The van der Waals surface area contributed by atoms with E-state index < -0.39 is 0 Å². The summed E-state index contributed by atoms with van der Waals surface area (Å²) in [6, 6.07) is 15.8. The van der Waals surface area contributed by atoms with Crippen LogP contribution in [0.5, 0.6) is 0 Å².